The maximum Gasteiger partial charge on any atom is 0.255 e. The molecule has 1 amide bonds. The third-order valence-electron chi connectivity index (χ3n) is 4.76. The number of unbranched alkanes of at least 4 members (excludes halogenated alkanes) is 1. The smallest absolute Gasteiger partial charge is 0.255 e. The van der Waals surface area contributed by atoms with Crippen LogP contribution in [0, 0.1) is 0 Å². The van der Waals surface area contributed by atoms with Gasteiger partial charge in [-0.1, -0.05) is 37.6 Å². The molecule has 1 aliphatic heterocycles. The summed E-state index contributed by atoms with van der Waals surface area (Å²) in [4.78, 5) is 14.8. The van der Waals surface area contributed by atoms with E-state index in [0.717, 1.165) is 45.0 Å². The zero-order valence-electron chi connectivity index (χ0n) is 15.5. The van der Waals surface area contributed by atoms with Crippen molar-refractivity contribution >= 4 is 11.6 Å². The lowest BCUT2D eigenvalue weighted by Crippen LogP contribution is -2.35. The van der Waals surface area contributed by atoms with Gasteiger partial charge in [-0.2, -0.15) is 0 Å². The molecule has 0 radical (unpaired) electrons. The van der Waals surface area contributed by atoms with E-state index in [1.165, 1.54) is 24.0 Å². The summed E-state index contributed by atoms with van der Waals surface area (Å²) < 4.78 is 5.38. The van der Waals surface area contributed by atoms with Crippen molar-refractivity contribution in [3.63, 3.8) is 0 Å². The molecule has 1 aliphatic rings. The largest absolute Gasteiger partial charge is 0.379 e. The lowest BCUT2D eigenvalue weighted by atomic mass is 10.1. The van der Waals surface area contributed by atoms with Gasteiger partial charge in [-0.3, -0.25) is 9.69 Å². The van der Waals surface area contributed by atoms with E-state index in [2.05, 4.69) is 29.3 Å². The summed E-state index contributed by atoms with van der Waals surface area (Å²) in [5.41, 5.74) is 4.07. The number of carbonyl (C=O) groups excluding carboxylic acids is 1. The van der Waals surface area contributed by atoms with Gasteiger partial charge in [0.25, 0.3) is 5.91 Å². The highest BCUT2D eigenvalue weighted by Gasteiger charge is 2.11. The van der Waals surface area contributed by atoms with Crippen LogP contribution in [0.15, 0.2) is 48.5 Å². The van der Waals surface area contributed by atoms with Crippen molar-refractivity contribution in [2.24, 2.45) is 0 Å². The standard InChI is InChI=1S/C22H28N2O2/c1-2-3-4-18-7-11-21(12-8-18)23-22(25)20-9-5-19(6-10-20)17-24-13-15-26-16-14-24/h5-12H,2-4,13-17H2,1H3,(H,23,25). The fraction of sp³-hybridized carbons (Fsp3) is 0.409. The third kappa shape index (κ3) is 5.41. The number of morpholine rings is 1. The summed E-state index contributed by atoms with van der Waals surface area (Å²) in [6, 6.07) is 16.0. The van der Waals surface area contributed by atoms with Crippen LogP contribution in [0.3, 0.4) is 0 Å². The summed E-state index contributed by atoms with van der Waals surface area (Å²) in [5, 5.41) is 2.98. The number of hydrogen-bond donors (Lipinski definition) is 1. The van der Waals surface area contributed by atoms with E-state index in [-0.39, 0.29) is 5.91 Å². The second-order valence-corrected chi connectivity index (χ2v) is 6.84. The van der Waals surface area contributed by atoms with Crippen LogP contribution in [0.2, 0.25) is 0 Å². The summed E-state index contributed by atoms with van der Waals surface area (Å²) in [5.74, 6) is -0.0655. The second-order valence-electron chi connectivity index (χ2n) is 6.84. The van der Waals surface area contributed by atoms with Crippen molar-refractivity contribution in [3.05, 3.63) is 65.2 Å². The van der Waals surface area contributed by atoms with Gasteiger partial charge in [-0.15, -0.1) is 0 Å². The van der Waals surface area contributed by atoms with Gasteiger partial charge >= 0.3 is 0 Å². The number of ether oxygens (including phenoxy) is 1. The predicted octanol–water partition coefficient (Wildman–Crippen LogP) is 4.11. The van der Waals surface area contributed by atoms with Crippen molar-refractivity contribution in [1.29, 1.82) is 0 Å². The highest BCUT2D eigenvalue weighted by Crippen LogP contribution is 2.14. The zero-order valence-corrected chi connectivity index (χ0v) is 15.5. The fourth-order valence-electron chi connectivity index (χ4n) is 3.12. The Hall–Kier alpha value is -2.17. The molecular weight excluding hydrogens is 324 g/mol. The molecule has 1 fully saturated rings. The third-order valence-corrected chi connectivity index (χ3v) is 4.76. The summed E-state index contributed by atoms with van der Waals surface area (Å²) in [7, 11) is 0. The van der Waals surface area contributed by atoms with Crippen LogP contribution >= 0.6 is 0 Å². The van der Waals surface area contributed by atoms with E-state index in [4.69, 9.17) is 4.74 Å². The van der Waals surface area contributed by atoms with Gasteiger partial charge in [-0.25, -0.2) is 0 Å². The molecule has 1 heterocycles. The van der Waals surface area contributed by atoms with Crippen LogP contribution in [0.4, 0.5) is 5.69 Å². The molecule has 0 bridgehead atoms. The Morgan fingerprint density at radius 2 is 1.65 bits per heavy atom. The molecule has 1 N–H and O–H groups in total. The Balaban J connectivity index is 1.54. The fourth-order valence-corrected chi connectivity index (χ4v) is 3.12. The molecule has 26 heavy (non-hydrogen) atoms. The minimum Gasteiger partial charge on any atom is -0.379 e. The molecule has 0 saturated carbocycles. The molecule has 1 saturated heterocycles. The van der Waals surface area contributed by atoms with Gasteiger partial charge < -0.3 is 10.1 Å². The molecule has 0 aromatic heterocycles. The van der Waals surface area contributed by atoms with E-state index in [1.807, 2.05) is 36.4 Å². The highest BCUT2D eigenvalue weighted by molar-refractivity contribution is 6.04. The maximum atomic E-state index is 12.4. The molecule has 2 aromatic carbocycles. The Kier molecular flexibility index (Phi) is 6.81. The molecule has 2 aromatic rings. The van der Waals surface area contributed by atoms with Crippen molar-refractivity contribution in [1.82, 2.24) is 4.90 Å². The monoisotopic (exact) mass is 352 g/mol. The van der Waals surface area contributed by atoms with E-state index in [0.29, 0.717) is 5.56 Å². The Bertz CT molecular complexity index is 689. The molecule has 0 aliphatic carbocycles. The normalized spacial score (nSPS) is 15.0. The molecule has 0 unspecified atom stereocenters. The van der Waals surface area contributed by atoms with Crippen LogP contribution in [0.5, 0.6) is 0 Å². The number of hydrogen-bond acceptors (Lipinski definition) is 3. The minimum absolute atomic E-state index is 0.0655. The van der Waals surface area contributed by atoms with Gasteiger partial charge in [0.05, 0.1) is 13.2 Å². The predicted molar refractivity (Wildman–Crippen MR) is 106 cm³/mol. The first-order chi connectivity index (χ1) is 12.7. The van der Waals surface area contributed by atoms with E-state index < -0.39 is 0 Å². The molecule has 0 atom stereocenters. The molecule has 4 heteroatoms. The Morgan fingerprint density at radius 3 is 2.31 bits per heavy atom. The lowest BCUT2D eigenvalue weighted by Gasteiger charge is -2.26. The van der Waals surface area contributed by atoms with Crippen LogP contribution in [0.25, 0.3) is 0 Å². The zero-order chi connectivity index (χ0) is 18.2. The van der Waals surface area contributed by atoms with E-state index >= 15 is 0 Å². The first kappa shape index (κ1) is 18.6. The minimum atomic E-state index is -0.0655. The molecular formula is C22H28N2O2. The SMILES string of the molecule is CCCCc1ccc(NC(=O)c2ccc(CN3CCOCC3)cc2)cc1. The van der Waals surface area contributed by atoms with Crippen LogP contribution in [-0.4, -0.2) is 37.1 Å². The number of rotatable bonds is 7. The summed E-state index contributed by atoms with van der Waals surface area (Å²) in [6.45, 7) is 6.65. The van der Waals surface area contributed by atoms with E-state index in [1.54, 1.807) is 0 Å². The van der Waals surface area contributed by atoms with Crippen molar-refractivity contribution in [2.75, 3.05) is 31.6 Å². The quantitative estimate of drug-likeness (QED) is 0.815. The second kappa shape index (κ2) is 9.51. The maximum absolute atomic E-state index is 12.4. The highest BCUT2D eigenvalue weighted by atomic mass is 16.5. The van der Waals surface area contributed by atoms with Gasteiger partial charge in [0.1, 0.15) is 0 Å². The van der Waals surface area contributed by atoms with Crippen LogP contribution < -0.4 is 5.32 Å². The summed E-state index contributed by atoms with van der Waals surface area (Å²) >= 11 is 0. The lowest BCUT2D eigenvalue weighted by molar-refractivity contribution is 0.0342. The van der Waals surface area contributed by atoms with Crippen molar-refractivity contribution < 1.29 is 9.53 Å². The number of aryl methyl sites for hydroxylation is 1. The average Bonchev–Trinajstić information content (AvgIpc) is 2.69. The first-order valence-corrected chi connectivity index (χ1v) is 9.54. The number of benzene rings is 2. The molecule has 0 spiro atoms. The number of nitrogens with one attached hydrogen (secondary N) is 1. The van der Waals surface area contributed by atoms with Gasteiger partial charge in [0, 0.05) is 30.9 Å². The topological polar surface area (TPSA) is 41.6 Å². The van der Waals surface area contributed by atoms with Gasteiger partial charge in [0.15, 0.2) is 0 Å². The van der Waals surface area contributed by atoms with Gasteiger partial charge in [0.2, 0.25) is 0 Å². The number of carbonyl (C=O) groups is 1. The Labute approximate surface area is 156 Å². The summed E-state index contributed by atoms with van der Waals surface area (Å²) in [6.07, 6.45) is 3.48. The number of amides is 1. The molecule has 4 nitrogen and oxygen atoms in total. The number of nitrogens with zero attached hydrogens (tertiary/aromatic N) is 1. The van der Waals surface area contributed by atoms with Crippen molar-refractivity contribution in [2.45, 2.75) is 32.7 Å². The molecule has 3 rings (SSSR count). The number of anilines is 1. The average molecular weight is 352 g/mol. The van der Waals surface area contributed by atoms with E-state index in [9.17, 15) is 4.79 Å². The molecule has 138 valence electrons. The Morgan fingerprint density at radius 1 is 1.00 bits per heavy atom. The first-order valence-electron chi connectivity index (χ1n) is 9.54. The van der Waals surface area contributed by atoms with Gasteiger partial charge in [-0.05, 0) is 48.2 Å². The van der Waals surface area contributed by atoms with Crippen molar-refractivity contribution in [3.8, 4) is 0 Å². The van der Waals surface area contributed by atoms with Crippen LogP contribution in [-0.2, 0) is 17.7 Å². The van der Waals surface area contributed by atoms with Crippen LogP contribution in [0.1, 0.15) is 41.3 Å².